The minimum absolute atomic E-state index is 0.142. The van der Waals surface area contributed by atoms with Crippen LogP contribution in [0.25, 0.3) is 17.1 Å². The molecule has 146 valence electrons. The Balaban J connectivity index is 1.69. The van der Waals surface area contributed by atoms with E-state index in [1.165, 1.54) is 11.8 Å². The zero-order valence-corrected chi connectivity index (χ0v) is 16.7. The molecule has 28 heavy (non-hydrogen) atoms. The van der Waals surface area contributed by atoms with Crippen LogP contribution >= 0.6 is 11.8 Å². The lowest BCUT2D eigenvalue weighted by Gasteiger charge is -2.15. The van der Waals surface area contributed by atoms with E-state index in [9.17, 15) is 4.79 Å². The highest BCUT2D eigenvalue weighted by Crippen LogP contribution is 2.31. The summed E-state index contributed by atoms with van der Waals surface area (Å²) in [6, 6.07) is 9.58. The third-order valence-electron chi connectivity index (χ3n) is 4.83. The summed E-state index contributed by atoms with van der Waals surface area (Å²) in [5.74, 6) is 2.66. The molecule has 8 heteroatoms. The van der Waals surface area contributed by atoms with Crippen LogP contribution < -0.4 is 4.74 Å². The minimum Gasteiger partial charge on any atom is -0.497 e. The number of hydrogen-bond acceptors (Lipinski definition) is 6. The molecule has 0 unspecified atom stereocenters. The minimum atomic E-state index is 0.142. The van der Waals surface area contributed by atoms with Crippen LogP contribution in [0.15, 0.2) is 46.2 Å². The number of thioether (sulfide) groups is 1. The number of ether oxygens (including phenoxy) is 1. The Kier molecular flexibility index (Phi) is 5.38. The van der Waals surface area contributed by atoms with Crippen molar-refractivity contribution < 1.29 is 13.9 Å². The zero-order valence-electron chi connectivity index (χ0n) is 15.9. The van der Waals surface area contributed by atoms with Gasteiger partial charge < -0.3 is 14.1 Å². The second-order valence-corrected chi connectivity index (χ2v) is 7.55. The highest BCUT2D eigenvalue weighted by atomic mass is 32.2. The van der Waals surface area contributed by atoms with Gasteiger partial charge in [-0.05, 0) is 38.0 Å². The molecular weight excluding hydrogens is 376 g/mol. The summed E-state index contributed by atoms with van der Waals surface area (Å²) < 4.78 is 12.8. The van der Waals surface area contributed by atoms with Gasteiger partial charge in [0, 0.05) is 19.2 Å². The Hall–Kier alpha value is -2.74. The lowest BCUT2D eigenvalue weighted by atomic mass is 10.2. The summed E-state index contributed by atoms with van der Waals surface area (Å²) in [6.07, 6.45) is 3.81. The van der Waals surface area contributed by atoms with Crippen molar-refractivity contribution in [3.8, 4) is 22.8 Å². The van der Waals surface area contributed by atoms with Gasteiger partial charge in [-0.1, -0.05) is 17.8 Å². The number of carbonyl (C=O) groups excluding carboxylic acids is 1. The van der Waals surface area contributed by atoms with Crippen molar-refractivity contribution in [2.45, 2.75) is 24.9 Å². The van der Waals surface area contributed by atoms with Gasteiger partial charge in [-0.3, -0.25) is 9.36 Å². The monoisotopic (exact) mass is 398 g/mol. The maximum atomic E-state index is 12.5. The summed E-state index contributed by atoms with van der Waals surface area (Å²) >= 11 is 1.40. The topological polar surface area (TPSA) is 73.4 Å². The molecule has 0 atom stereocenters. The average molecular weight is 398 g/mol. The van der Waals surface area contributed by atoms with Crippen LogP contribution in [0.3, 0.4) is 0 Å². The largest absolute Gasteiger partial charge is 0.497 e. The van der Waals surface area contributed by atoms with E-state index in [0.29, 0.717) is 16.7 Å². The molecule has 0 spiro atoms. The number of hydrogen-bond donors (Lipinski definition) is 0. The molecule has 0 radical (unpaired) electrons. The molecule has 2 aromatic heterocycles. The van der Waals surface area contributed by atoms with Crippen LogP contribution in [0, 0.1) is 6.92 Å². The predicted molar refractivity (Wildman–Crippen MR) is 107 cm³/mol. The molecule has 7 nitrogen and oxygen atoms in total. The van der Waals surface area contributed by atoms with Crippen LogP contribution in [-0.4, -0.2) is 51.5 Å². The fraction of sp³-hybridized carbons (Fsp3) is 0.350. The first-order valence-corrected chi connectivity index (χ1v) is 10.2. The molecule has 0 aliphatic carbocycles. The summed E-state index contributed by atoms with van der Waals surface area (Å²) in [4.78, 5) is 14.4. The molecule has 1 aliphatic heterocycles. The second kappa shape index (κ2) is 8.10. The lowest BCUT2D eigenvalue weighted by molar-refractivity contribution is -0.127. The van der Waals surface area contributed by atoms with Crippen molar-refractivity contribution in [2.75, 3.05) is 26.0 Å². The fourth-order valence-corrected chi connectivity index (χ4v) is 4.18. The maximum absolute atomic E-state index is 12.5. The van der Waals surface area contributed by atoms with Gasteiger partial charge in [0.2, 0.25) is 5.91 Å². The third-order valence-corrected chi connectivity index (χ3v) is 5.74. The quantitative estimate of drug-likeness (QED) is 0.591. The van der Waals surface area contributed by atoms with Gasteiger partial charge >= 0.3 is 0 Å². The summed E-state index contributed by atoms with van der Waals surface area (Å²) in [6.45, 7) is 3.59. The van der Waals surface area contributed by atoms with Crippen LogP contribution in [0.1, 0.15) is 18.6 Å². The first-order valence-electron chi connectivity index (χ1n) is 9.22. The van der Waals surface area contributed by atoms with Gasteiger partial charge in [0.15, 0.2) is 11.0 Å². The van der Waals surface area contributed by atoms with Gasteiger partial charge in [0.25, 0.3) is 0 Å². The first-order chi connectivity index (χ1) is 13.7. The summed E-state index contributed by atoms with van der Waals surface area (Å²) in [5, 5.41) is 9.42. The molecule has 1 aromatic carbocycles. The van der Waals surface area contributed by atoms with Gasteiger partial charge in [-0.15, -0.1) is 10.2 Å². The van der Waals surface area contributed by atoms with E-state index >= 15 is 0 Å². The summed E-state index contributed by atoms with van der Waals surface area (Å²) in [5.41, 5.74) is 1.74. The number of nitrogens with zero attached hydrogens (tertiary/aromatic N) is 4. The van der Waals surface area contributed by atoms with Crippen LogP contribution in [-0.2, 0) is 4.79 Å². The Morgan fingerprint density at radius 1 is 1.25 bits per heavy atom. The number of benzene rings is 1. The second-order valence-electron chi connectivity index (χ2n) is 6.61. The van der Waals surface area contributed by atoms with Crippen molar-refractivity contribution in [2.24, 2.45) is 0 Å². The first kappa shape index (κ1) is 18.6. The maximum Gasteiger partial charge on any atom is 0.233 e. The van der Waals surface area contributed by atoms with Crippen molar-refractivity contribution in [3.63, 3.8) is 0 Å². The number of aryl methyl sites for hydroxylation is 1. The van der Waals surface area contributed by atoms with Crippen molar-refractivity contribution in [1.29, 1.82) is 0 Å². The van der Waals surface area contributed by atoms with Crippen LogP contribution in [0.2, 0.25) is 0 Å². The van der Waals surface area contributed by atoms with E-state index in [4.69, 9.17) is 9.15 Å². The Morgan fingerprint density at radius 3 is 2.79 bits per heavy atom. The number of furan rings is 1. The summed E-state index contributed by atoms with van der Waals surface area (Å²) in [7, 11) is 1.64. The normalized spacial score (nSPS) is 13.9. The number of methoxy groups -OCH3 is 1. The fourth-order valence-electron chi connectivity index (χ4n) is 3.32. The van der Waals surface area contributed by atoms with E-state index in [0.717, 1.165) is 48.7 Å². The van der Waals surface area contributed by atoms with Crippen LogP contribution in [0.5, 0.6) is 5.75 Å². The number of likely N-dealkylation sites (tertiary alicyclic amines) is 1. The predicted octanol–water partition coefficient (Wildman–Crippen LogP) is 3.56. The lowest BCUT2D eigenvalue weighted by Crippen LogP contribution is -2.29. The molecule has 4 rings (SSSR count). The van der Waals surface area contributed by atoms with E-state index in [2.05, 4.69) is 10.2 Å². The number of aromatic nitrogens is 3. The van der Waals surface area contributed by atoms with Gasteiger partial charge in [0.1, 0.15) is 11.5 Å². The molecule has 0 bridgehead atoms. The van der Waals surface area contributed by atoms with Crippen molar-refractivity contribution >= 4 is 17.7 Å². The molecule has 1 amide bonds. The average Bonchev–Trinajstić information content (AvgIpc) is 3.46. The van der Waals surface area contributed by atoms with E-state index < -0.39 is 0 Å². The molecule has 3 aromatic rings. The highest BCUT2D eigenvalue weighted by molar-refractivity contribution is 7.99. The highest BCUT2D eigenvalue weighted by Gasteiger charge is 2.22. The number of rotatable bonds is 6. The molecule has 0 N–H and O–H groups in total. The smallest absolute Gasteiger partial charge is 0.233 e. The van der Waals surface area contributed by atoms with Gasteiger partial charge in [0.05, 0.1) is 30.4 Å². The zero-order chi connectivity index (χ0) is 19.5. The van der Waals surface area contributed by atoms with Crippen molar-refractivity contribution in [3.05, 3.63) is 42.4 Å². The van der Waals surface area contributed by atoms with Crippen LogP contribution in [0.4, 0.5) is 0 Å². The molecule has 0 saturated carbocycles. The number of amides is 1. The Bertz CT molecular complexity index is 975. The Labute approximate surface area is 167 Å². The van der Waals surface area contributed by atoms with Gasteiger partial charge in [-0.2, -0.15) is 0 Å². The molecule has 1 aliphatic rings. The molecule has 1 fully saturated rings. The van der Waals surface area contributed by atoms with Gasteiger partial charge in [-0.25, -0.2) is 0 Å². The SMILES string of the molecule is COc1cccc(-n2c(SCC(=O)N3CCCC3)nnc2-c2ccoc2C)c1. The third kappa shape index (κ3) is 3.64. The molecule has 1 saturated heterocycles. The number of carbonyl (C=O) groups is 1. The Morgan fingerprint density at radius 2 is 2.07 bits per heavy atom. The van der Waals surface area contributed by atoms with E-state index in [1.54, 1.807) is 13.4 Å². The molecule has 3 heterocycles. The van der Waals surface area contributed by atoms with E-state index in [1.807, 2.05) is 46.7 Å². The van der Waals surface area contributed by atoms with E-state index in [-0.39, 0.29) is 5.91 Å². The standard InChI is InChI=1S/C20H22N4O3S/c1-14-17(8-11-27-14)19-21-22-20(28-13-18(25)23-9-3-4-10-23)24(19)15-6-5-7-16(12-15)26-2/h5-8,11-12H,3-4,9-10,13H2,1-2H3. The van der Waals surface area contributed by atoms with Crippen molar-refractivity contribution in [1.82, 2.24) is 19.7 Å². The molecular formula is C20H22N4O3S.